The second-order valence-corrected chi connectivity index (χ2v) is 8.86. The molecule has 1 aliphatic heterocycles. The number of fused-ring (bicyclic) bond motifs is 1. The van der Waals surface area contributed by atoms with E-state index in [9.17, 15) is 22.8 Å². The number of carboxylic acids is 1. The standard InChI is InChI=1S/C20H33N5O2.C2HF3O2/c1-13(2)12-21-20(27)25-9-7-15-11-16(19(26)22-14(3)4)18(24(5)6)23-17(15)8-10-25;3-2(4,5)1(6)7/h11,13-14H,7-10,12H2,1-6H3,(H,21,27)(H,22,26);(H,6,7). The Balaban J connectivity index is 0.000000718. The van der Waals surface area contributed by atoms with Crippen molar-refractivity contribution in [3.63, 3.8) is 0 Å². The number of carboxylic acid groups (broad SMARTS) is 1. The second kappa shape index (κ2) is 12.4. The Labute approximate surface area is 197 Å². The molecule has 0 atom stereocenters. The van der Waals surface area contributed by atoms with Crippen molar-refractivity contribution in [2.45, 2.75) is 52.8 Å². The fraction of sp³-hybridized carbons (Fsp3) is 0.636. The van der Waals surface area contributed by atoms with E-state index < -0.39 is 12.1 Å². The number of aromatic nitrogens is 1. The predicted molar refractivity (Wildman–Crippen MR) is 122 cm³/mol. The van der Waals surface area contributed by atoms with Crippen LogP contribution in [0.25, 0.3) is 0 Å². The fourth-order valence-corrected chi connectivity index (χ4v) is 3.08. The van der Waals surface area contributed by atoms with Crippen LogP contribution in [0.1, 0.15) is 49.3 Å². The summed E-state index contributed by atoms with van der Waals surface area (Å²) in [6.45, 7) is 9.98. The molecule has 0 saturated heterocycles. The van der Waals surface area contributed by atoms with Crippen molar-refractivity contribution in [1.29, 1.82) is 0 Å². The van der Waals surface area contributed by atoms with E-state index in [1.54, 1.807) is 0 Å². The molecule has 0 aromatic carbocycles. The summed E-state index contributed by atoms with van der Waals surface area (Å²) >= 11 is 0. The summed E-state index contributed by atoms with van der Waals surface area (Å²) < 4.78 is 31.7. The van der Waals surface area contributed by atoms with Crippen molar-refractivity contribution in [2.24, 2.45) is 5.92 Å². The van der Waals surface area contributed by atoms with Crippen LogP contribution in [0, 0.1) is 5.92 Å². The highest BCUT2D eigenvalue weighted by Gasteiger charge is 2.38. The molecule has 0 fully saturated rings. The zero-order valence-electron chi connectivity index (χ0n) is 20.4. The molecule has 0 saturated carbocycles. The largest absolute Gasteiger partial charge is 0.490 e. The van der Waals surface area contributed by atoms with Crippen LogP contribution in [0.15, 0.2) is 6.07 Å². The number of pyridine rings is 1. The molecule has 34 heavy (non-hydrogen) atoms. The molecule has 1 aromatic rings. The van der Waals surface area contributed by atoms with Gasteiger partial charge in [-0.2, -0.15) is 13.2 Å². The van der Waals surface area contributed by atoms with Gasteiger partial charge in [0, 0.05) is 51.9 Å². The first-order chi connectivity index (χ1) is 15.6. The molecule has 3 N–H and O–H groups in total. The smallest absolute Gasteiger partial charge is 0.475 e. The Morgan fingerprint density at radius 1 is 1.15 bits per heavy atom. The number of hydrogen-bond acceptors (Lipinski definition) is 5. The fourth-order valence-electron chi connectivity index (χ4n) is 3.08. The molecular formula is C22H34F3N5O4. The molecule has 0 radical (unpaired) electrons. The first-order valence-corrected chi connectivity index (χ1v) is 11.0. The highest BCUT2D eigenvalue weighted by Crippen LogP contribution is 2.23. The van der Waals surface area contributed by atoms with E-state index in [2.05, 4.69) is 24.5 Å². The number of carbonyl (C=O) groups is 3. The van der Waals surface area contributed by atoms with Gasteiger partial charge in [-0.3, -0.25) is 4.79 Å². The molecule has 0 unspecified atom stereocenters. The van der Waals surface area contributed by atoms with Crippen LogP contribution in [0.4, 0.5) is 23.8 Å². The lowest BCUT2D eigenvalue weighted by molar-refractivity contribution is -0.192. The van der Waals surface area contributed by atoms with Gasteiger partial charge in [-0.1, -0.05) is 13.8 Å². The minimum atomic E-state index is -5.08. The summed E-state index contributed by atoms with van der Waals surface area (Å²) in [6.07, 6.45) is -3.69. The number of anilines is 1. The van der Waals surface area contributed by atoms with E-state index in [0.29, 0.717) is 49.8 Å². The predicted octanol–water partition coefficient (Wildman–Crippen LogP) is 2.69. The van der Waals surface area contributed by atoms with Crippen LogP contribution in [0.5, 0.6) is 0 Å². The van der Waals surface area contributed by atoms with Gasteiger partial charge in [-0.15, -0.1) is 0 Å². The summed E-state index contributed by atoms with van der Waals surface area (Å²) in [6, 6.07) is 1.99. The monoisotopic (exact) mass is 489 g/mol. The number of hydrogen-bond donors (Lipinski definition) is 3. The quantitative estimate of drug-likeness (QED) is 0.586. The molecule has 0 spiro atoms. The number of nitrogens with zero attached hydrogens (tertiary/aromatic N) is 3. The number of nitrogens with one attached hydrogen (secondary N) is 2. The first-order valence-electron chi connectivity index (χ1n) is 11.0. The number of amides is 3. The Bertz CT molecular complexity index is 873. The van der Waals surface area contributed by atoms with E-state index >= 15 is 0 Å². The van der Waals surface area contributed by atoms with Gasteiger partial charge in [0.25, 0.3) is 5.91 Å². The molecular weight excluding hydrogens is 455 g/mol. The number of urea groups is 1. The van der Waals surface area contributed by atoms with Crippen LogP contribution in [-0.4, -0.2) is 78.8 Å². The van der Waals surface area contributed by atoms with Gasteiger partial charge in [0.05, 0.1) is 5.56 Å². The Morgan fingerprint density at radius 3 is 2.18 bits per heavy atom. The number of rotatable bonds is 5. The second-order valence-electron chi connectivity index (χ2n) is 8.86. The third-order valence-electron chi connectivity index (χ3n) is 4.72. The summed E-state index contributed by atoms with van der Waals surface area (Å²) in [5.74, 6) is -1.78. The molecule has 0 bridgehead atoms. The first kappa shape index (κ1) is 29.0. The van der Waals surface area contributed by atoms with E-state index in [1.165, 1.54) is 0 Å². The van der Waals surface area contributed by atoms with Gasteiger partial charge in [-0.25, -0.2) is 14.6 Å². The van der Waals surface area contributed by atoms with Crippen LogP contribution in [-0.2, 0) is 17.6 Å². The van der Waals surface area contributed by atoms with Crippen molar-refractivity contribution in [3.05, 3.63) is 22.9 Å². The summed E-state index contributed by atoms with van der Waals surface area (Å²) in [5.41, 5.74) is 2.61. The van der Waals surface area contributed by atoms with E-state index in [-0.39, 0.29) is 18.0 Å². The molecule has 2 heterocycles. The van der Waals surface area contributed by atoms with Gasteiger partial charge >= 0.3 is 18.2 Å². The zero-order chi connectivity index (χ0) is 26.2. The van der Waals surface area contributed by atoms with Crippen LogP contribution < -0.4 is 15.5 Å². The van der Waals surface area contributed by atoms with Crippen molar-refractivity contribution >= 4 is 23.7 Å². The third kappa shape index (κ3) is 9.06. The maximum Gasteiger partial charge on any atom is 0.490 e. The van der Waals surface area contributed by atoms with Crippen LogP contribution in [0.3, 0.4) is 0 Å². The summed E-state index contributed by atoms with van der Waals surface area (Å²) in [7, 11) is 3.78. The minimum absolute atomic E-state index is 0.0258. The third-order valence-corrected chi connectivity index (χ3v) is 4.72. The number of aliphatic carboxylic acids is 1. The minimum Gasteiger partial charge on any atom is -0.475 e. The Hall–Kier alpha value is -3.05. The molecule has 2 rings (SSSR count). The maximum absolute atomic E-state index is 12.6. The SMILES string of the molecule is CC(C)CNC(=O)N1CCc2cc(C(=O)NC(C)C)c(N(C)C)nc2CC1.O=C(O)C(F)(F)F. The molecule has 1 aromatic heterocycles. The zero-order valence-corrected chi connectivity index (χ0v) is 20.4. The highest BCUT2D eigenvalue weighted by atomic mass is 19.4. The van der Waals surface area contributed by atoms with Gasteiger partial charge in [0.2, 0.25) is 0 Å². The van der Waals surface area contributed by atoms with Gasteiger partial charge < -0.3 is 25.5 Å². The Morgan fingerprint density at radius 2 is 1.71 bits per heavy atom. The summed E-state index contributed by atoms with van der Waals surface area (Å²) in [4.78, 5) is 42.4. The van der Waals surface area contributed by atoms with Gasteiger partial charge in [0.15, 0.2) is 0 Å². The van der Waals surface area contributed by atoms with Crippen LogP contribution >= 0.6 is 0 Å². The van der Waals surface area contributed by atoms with E-state index in [4.69, 9.17) is 14.9 Å². The normalized spacial score (nSPS) is 13.4. The lowest BCUT2D eigenvalue weighted by atomic mass is 10.0. The van der Waals surface area contributed by atoms with Crippen molar-refractivity contribution in [1.82, 2.24) is 20.5 Å². The maximum atomic E-state index is 12.6. The van der Waals surface area contributed by atoms with Crippen molar-refractivity contribution in [2.75, 3.05) is 38.6 Å². The van der Waals surface area contributed by atoms with Crippen LogP contribution in [0.2, 0.25) is 0 Å². The lowest BCUT2D eigenvalue weighted by Crippen LogP contribution is -2.42. The van der Waals surface area contributed by atoms with Crippen molar-refractivity contribution < 1.29 is 32.7 Å². The average Bonchev–Trinajstić information content (AvgIpc) is 2.92. The molecule has 9 nitrogen and oxygen atoms in total. The Kier molecular flexibility index (Phi) is 10.6. The van der Waals surface area contributed by atoms with E-state index in [1.807, 2.05) is 43.8 Å². The molecule has 1 aliphatic rings. The molecule has 192 valence electrons. The molecule has 0 aliphatic carbocycles. The van der Waals surface area contributed by atoms with E-state index in [0.717, 1.165) is 11.3 Å². The molecule has 3 amide bonds. The van der Waals surface area contributed by atoms with Crippen molar-refractivity contribution in [3.8, 4) is 0 Å². The number of halogens is 3. The highest BCUT2D eigenvalue weighted by molar-refractivity contribution is 5.99. The lowest BCUT2D eigenvalue weighted by Gasteiger charge is -2.21. The topological polar surface area (TPSA) is 115 Å². The molecule has 12 heteroatoms. The number of carbonyl (C=O) groups excluding carboxylic acids is 2. The van der Waals surface area contributed by atoms with Gasteiger partial charge in [-0.05, 0) is 37.8 Å². The number of alkyl halides is 3. The van der Waals surface area contributed by atoms with Gasteiger partial charge in [0.1, 0.15) is 5.82 Å². The average molecular weight is 490 g/mol. The summed E-state index contributed by atoms with van der Waals surface area (Å²) in [5, 5.41) is 13.1.